The van der Waals surface area contributed by atoms with Crippen molar-refractivity contribution in [1.29, 1.82) is 0 Å². The molecule has 0 radical (unpaired) electrons. The molecule has 11 nitrogen and oxygen atoms in total. The monoisotopic (exact) mass is 468 g/mol. The van der Waals surface area contributed by atoms with Gasteiger partial charge >= 0.3 is 17.9 Å². The summed E-state index contributed by atoms with van der Waals surface area (Å²) in [5.41, 5.74) is 0.213. The minimum absolute atomic E-state index is 0.0394. The maximum atomic E-state index is 12.3. The fourth-order valence-corrected chi connectivity index (χ4v) is 5.25. The molecule has 0 aromatic carbocycles. The van der Waals surface area contributed by atoms with Crippen molar-refractivity contribution in [3.8, 4) is 0 Å². The Morgan fingerprint density at radius 2 is 1.67 bits per heavy atom. The number of cyclic esters (lactones) is 2. The van der Waals surface area contributed by atoms with E-state index in [9.17, 15) is 14.4 Å². The Morgan fingerprint density at radius 3 is 2.24 bits per heavy atom. The van der Waals surface area contributed by atoms with Gasteiger partial charge in [-0.3, -0.25) is 9.59 Å². The van der Waals surface area contributed by atoms with Gasteiger partial charge < -0.3 is 37.9 Å². The average Bonchev–Trinajstić information content (AvgIpc) is 3.51. The summed E-state index contributed by atoms with van der Waals surface area (Å²) in [4.78, 5) is 36.7. The summed E-state index contributed by atoms with van der Waals surface area (Å²) in [5.74, 6) is -6.94. The second-order valence-corrected chi connectivity index (χ2v) is 9.41. The van der Waals surface area contributed by atoms with E-state index < -0.39 is 59.4 Å². The Balaban J connectivity index is 1.44. The van der Waals surface area contributed by atoms with Crippen molar-refractivity contribution in [2.45, 2.75) is 69.3 Å². The highest BCUT2D eigenvalue weighted by Gasteiger charge is 2.70. The molecule has 5 fully saturated rings. The van der Waals surface area contributed by atoms with E-state index in [2.05, 4.69) is 6.58 Å². The second-order valence-electron chi connectivity index (χ2n) is 9.41. The van der Waals surface area contributed by atoms with Crippen LogP contribution in [-0.2, 0) is 52.3 Å². The van der Waals surface area contributed by atoms with Crippen LogP contribution in [0.25, 0.3) is 0 Å². The maximum Gasteiger partial charge on any atom is 0.333 e. The molecule has 0 amide bonds. The summed E-state index contributed by atoms with van der Waals surface area (Å²) >= 11 is 0. The summed E-state index contributed by atoms with van der Waals surface area (Å²) in [5, 5.41) is 0. The zero-order chi connectivity index (χ0) is 23.6. The van der Waals surface area contributed by atoms with Crippen LogP contribution in [0.3, 0.4) is 0 Å². The van der Waals surface area contributed by atoms with E-state index >= 15 is 0 Å². The van der Waals surface area contributed by atoms with Crippen molar-refractivity contribution >= 4 is 17.9 Å². The molecule has 0 spiro atoms. The molecular weight excluding hydrogens is 440 g/mol. The van der Waals surface area contributed by atoms with Crippen molar-refractivity contribution in [3.05, 3.63) is 12.2 Å². The van der Waals surface area contributed by atoms with Gasteiger partial charge in [0.25, 0.3) is 0 Å². The number of hydrogen-bond donors (Lipinski definition) is 0. The Kier molecular flexibility index (Phi) is 5.33. The normalized spacial score (nSPS) is 46.5. The van der Waals surface area contributed by atoms with Gasteiger partial charge in [0, 0.05) is 18.4 Å². The maximum absolute atomic E-state index is 12.3. The molecular formula is C22H28O11. The molecule has 0 saturated carbocycles. The third-order valence-corrected chi connectivity index (χ3v) is 6.97. The molecule has 11 heteroatoms. The largest absolute Gasteiger partial charge is 0.465 e. The van der Waals surface area contributed by atoms with Gasteiger partial charge in [-0.15, -0.1) is 0 Å². The first-order valence-electron chi connectivity index (χ1n) is 11.1. The van der Waals surface area contributed by atoms with Crippen molar-refractivity contribution in [2.24, 2.45) is 11.8 Å². The van der Waals surface area contributed by atoms with Crippen LogP contribution in [0.1, 0.15) is 33.6 Å². The van der Waals surface area contributed by atoms with Crippen molar-refractivity contribution in [2.75, 3.05) is 26.4 Å². The predicted octanol–water partition coefficient (Wildman–Crippen LogP) is 0.590. The first-order valence-corrected chi connectivity index (χ1v) is 11.1. The number of ether oxygens (including phenoxy) is 8. The topological polar surface area (TPSA) is 125 Å². The van der Waals surface area contributed by atoms with Gasteiger partial charge in [0.15, 0.2) is 11.6 Å². The Morgan fingerprint density at radius 1 is 1.03 bits per heavy atom. The van der Waals surface area contributed by atoms with Crippen molar-refractivity contribution < 1.29 is 52.3 Å². The smallest absolute Gasteiger partial charge is 0.333 e. The molecule has 0 N–H and O–H groups in total. The summed E-state index contributed by atoms with van der Waals surface area (Å²) < 4.78 is 46.7. The lowest BCUT2D eigenvalue weighted by Crippen LogP contribution is -2.60. The zero-order valence-corrected chi connectivity index (χ0v) is 18.8. The molecule has 0 aliphatic carbocycles. The van der Waals surface area contributed by atoms with Crippen LogP contribution < -0.4 is 0 Å². The molecule has 0 aromatic heterocycles. The second kappa shape index (κ2) is 7.74. The lowest BCUT2D eigenvalue weighted by atomic mass is 9.97. The molecule has 8 atom stereocenters. The molecule has 5 heterocycles. The predicted molar refractivity (Wildman–Crippen MR) is 105 cm³/mol. The van der Waals surface area contributed by atoms with Gasteiger partial charge in [-0.2, -0.15) is 0 Å². The van der Waals surface area contributed by atoms with Gasteiger partial charge in [0.2, 0.25) is 5.79 Å². The molecule has 0 bridgehead atoms. The summed E-state index contributed by atoms with van der Waals surface area (Å²) in [6.45, 7) is 8.72. The van der Waals surface area contributed by atoms with Gasteiger partial charge in [0.05, 0.1) is 19.8 Å². The Hall–Kier alpha value is -2.05. The van der Waals surface area contributed by atoms with E-state index in [1.54, 1.807) is 13.8 Å². The minimum Gasteiger partial charge on any atom is -0.465 e. The number of esters is 3. The highest BCUT2D eigenvalue weighted by Crippen LogP contribution is 2.52. The van der Waals surface area contributed by atoms with E-state index in [1.165, 1.54) is 6.92 Å². The standard InChI is InChI=1S/C22H28O11/c1-11(2)17(23)28-10-22-16(32-21(4,33-22)13-6-8-27-19(13)25)15-14(9-29-22)30-20(3,31-15)12-5-7-26-18(12)24/h12-16H,1,5-10H2,2-4H3/t12?,13?,14-,15-,16+,20?,21?,22+/m1/s1. The molecule has 182 valence electrons. The number of rotatable bonds is 5. The Labute approximate surface area is 190 Å². The summed E-state index contributed by atoms with van der Waals surface area (Å²) in [6.07, 6.45) is -1.32. The molecule has 0 aromatic rings. The van der Waals surface area contributed by atoms with Crippen LogP contribution in [0.4, 0.5) is 0 Å². The van der Waals surface area contributed by atoms with Crippen molar-refractivity contribution in [1.82, 2.24) is 0 Å². The Bertz CT molecular complexity index is 888. The SMILES string of the molecule is C=C(C)C(=O)OC[C@@]12OC[C@H]3OC(C)(C4CCOC4=O)O[C@H]3[C@@H]1OC(C)(C1CCOC1=O)O2. The van der Waals surface area contributed by atoms with Gasteiger partial charge in [-0.25, -0.2) is 4.79 Å². The van der Waals surface area contributed by atoms with Gasteiger partial charge in [0.1, 0.15) is 36.8 Å². The number of hydrogen-bond acceptors (Lipinski definition) is 11. The number of carbonyl (C=O) groups is 3. The lowest BCUT2D eigenvalue weighted by molar-refractivity contribution is -0.303. The summed E-state index contributed by atoms with van der Waals surface area (Å²) in [7, 11) is 0. The first-order chi connectivity index (χ1) is 15.6. The first kappa shape index (κ1) is 22.7. The van der Waals surface area contributed by atoms with Gasteiger partial charge in [-0.1, -0.05) is 6.58 Å². The molecule has 4 unspecified atom stereocenters. The van der Waals surface area contributed by atoms with E-state index in [-0.39, 0.29) is 31.4 Å². The number of fused-ring (bicyclic) bond motifs is 3. The molecule has 5 rings (SSSR count). The van der Waals surface area contributed by atoms with E-state index in [1.807, 2.05) is 0 Å². The molecule has 5 aliphatic heterocycles. The highest BCUT2D eigenvalue weighted by molar-refractivity contribution is 5.87. The van der Waals surface area contributed by atoms with Crippen LogP contribution in [0.15, 0.2) is 12.2 Å². The highest BCUT2D eigenvalue weighted by atomic mass is 16.9. The molecule has 5 aliphatic rings. The fourth-order valence-electron chi connectivity index (χ4n) is 5.25. The molecule has 33 heavy (non-hydrogen) atoms. The van der Waals surface area contributed by atoms with E-state index in [0.29, 0.717) is 19.4 Å². The van der Waals surface area contributed by atoms with E-state index in [4.69, 9.17) is 37.9 Å². The molecule has 5 saturated heterocycles. The van der Waals surface area contributed by atoms with Crippen LogP contribution in [0.5, 0.6) is 0 Å². The fraction of sp³-hybridized carbons (Fsp3) is 0.773. The quantitative estimate of drug-likeness (QED) is 0.320. The minimum atomic E-state index is -1.55. The third kappa shape index (κ3) is 3.57. The van der Waals surface area contributed by atoms with Crippen LogP contribution in [-0.4, -0.2) is 80.0 Å². The number of carbonyl (C=O) groups excluding carboxylic acids is 3. The van der Waals surface area contributed by atoms with Crippen molar-refractivity contribution in [3.63, 3.8) is 0 Å². The third-order valence-electron chi connectivity index (χ3n) is 6.97. The van der Waals surface area contributed by atoms with Gasteiger partial charge in [-0.05, 0) is 20.8 Å². The van der Waals surface area contributed by atoms with Crippen LogP contribution >= 0.6 is 0 Å². The lowest BCUT2D eigenvalue weighted by Gasteiger charge is -2.40. The average molecular weight is 468 g/mol. The van der Waals surface area contributed by atoms with Crippen LogP contribution in [0, 0.1) is 11.8 Å². The summed E-state index contributed by atoms with van der Waals surface area (Å²) in [6, 6.07) is 0. The van der Waals surface area contributed by atoms with E-state index in [0.717, 1.165) is 0 Å². The zero-order valence-electron chi connectivity index (χ0n) is 18.8. The van der Waals surface area contributed by atoms with Crippen LogP contribution in [0.2, 0.25) is 0 Å².